The van der Waals surface area contributed by atoms with E-state index in [2.05, 4.69) is 6.58 Å². The third-order valence-electron chi connectivity index (χ3n) is 3.36. The van der Waals surface area contributed by atoms with E-state index in [1.54, 1.807) is 11.0 Å². The number of likely N-dealkylation sites (tertiary alicyclic amines) is 1. The molecule has 2 atom stereocenters. The highest BCUT2D eigenvalue weighted by atomic mass is 16.5. The molecular formula is C12H17NO3. The zero-order valence-electron chi connectivity index (χ0n) is 9.52. The van der Waals surface area contributed by atoms with E-state index in [1.165, 1.54) is 7.11 Å². The first kappa shape index (κ1) is 11.2. The summed E-state index contributed by atoms with van der Waals surface area (Å²) in [5.74, 6) is -0.0798. The molecule has 1 amide bonds. The number of rotatable bonds is 3. The maximum Gasteiger partial charge on any atom is 0.328 e. The van der Waals surface area contributed by atoms with E-state index >= 15 is 0 Å². The summed E-state index contributed by atoms with van der Waals surface area (Å²) in [5, 5.41) is 0. The summed E-state index contributed by atoms with van der Waals surface area (Å²) in [4.78, 5) is 25.3. The lowest BCUT2D eigenvalue weighted by Crippen LogP contribution is -2.45. The Morgan fingerprint density at radius 3 is 2.50 bits per heavy atom. The van der Waals surface area contributed by atoms with Crippen LogP contribution in [0.1, 0.15) is 25.7 Å². The summed E-state index contributed by atoms with van der Waals surface area (Å²) in [5.41, 5.74) is 0. The molecule has 0 radical (unpaired) electrons. The van der Waals surface area contributed by atoms with E-state index in [0.717, 1.165) is 19.3 Å². The van der Waals surface area contributed by atoms with Crippen LogP contribution in [0.25, 0.3) is 0 Å². The number of amides is 1. The number of carbonyl (C=O) groups is 2. The lowest BCUT2D eigenvalue weighted by molar-refractivity contribution is -0.152. The van der Waals surface area contributed by atoms with Crippen LogP contribution in [-0.2, 0) is 14.3 Å². The molecule has 88 valence electrons. The SMILES string of the molecule is C=CC1CCC(C(=O)OC)N1C(=O)C1CC1. The molecule has 0 aromatic carbocycles. The van der Waals surface area contributed by atoms with E-state index in [-0.39, 0.29) is 23.8 Å². The molecule has 1 heterocycles. The van der Waals surface area contributed by atoms with Crippen molar-refractivity contribution in [1.82, 2.24) is 4.90 Å². The van der Waals surface area contributed by atoms with Crippen LogP contribution in [0.5, 0.6) is 0 Å². The fraction of sp³-hybridized carbons (Fsp3) is 0.667. The van der Waals surface area contributed by atoms with Crippen molar-refractivity contribution in [2.75, 3.05) is 7.11 Å². The number of hydrogen-bond donors (Lipinski definition) is 0. The zero-order chi connectivity index (χ0) is 11.7. The maximum absolute atomic E-state index is 12.1. The summed E-state index contributed by atoms with van der Waals surface area (Å²) in [6, 6.07) is -0.404. The van der Waals surface area contributed by atoms with E-state index in [1.807, 2.05) is 0 Å². The minimum Gasteiger partial charge on any atom is -0.467 e. The van der Waals surface area contributed by atoms with Crippen molar-refractivity contribution < 1.29 is 14.3 Å². The molecule has 4 nitrogen and oxygen atoms in total. The summed E-state index contributed by atoms with van der Waals surface area (Å²) in [7, 11) is 1.36. The van der Waals surface area contributed by atoms with Crippen molar-refractivity contribution in [2.45, 2.75) is 37.8 Å². The Morgan fingerprint density at radius 1 is 1.31 bits per heavy atom. The molecule has 0 N–H and O–H groups in total. The molecule has 16 heavy (non-hydrogen) atoms. The predicted octanol–water partition coefficient (Wildman–Crippen LogP) is 1.11. The largest absolute Gasteiger partial charge is 0.467 e. The van der Waals surface area contributed by atoms with Gasteiger partial charge in [0.25, 0.3) is 0 Å². The van der Waals surface area contributed by atoms with E-state index in [9.17, 15) is 9.59 Å². The van der Waals surface area contributed by atoms with Crippen LogP contribution in [0.15, 0.2) is 12.7 Å². The molecule has 0 spiro atoms. The van der Waals surface area contributed by atoms with E-state index in [4.69, 9.17) is 4.74 Å². The van der Waals surface area contributed by atoms with Crippen molar-refractivity contribution in [1.29, 1.82) is 0 Å². The Labute approximate surface area is 95.2 Å². The molecule has 1 saturated carbocycles. The first-order valence-corrected chi connectivity index (χ1v) is 5.71. The van der Waals surface area contributed by atoms with Crippen molar-refractivity contribution in [2.24, 2.45) is 5.92 Å². The standard InChI is InChI=1S/C12H17NO3/c1-3-9-6-7-10(12(15)16-2)13(9)11(14)8-4-5-8/h3,8-10H,1,4-7H2,2H3. The van der Waals surface area contributed by atoms with E-state index < -0.39 is 6.04 Å². The van der Waals surface area contributed by atoms with Gasteiger partial charge in [-0.15, -0.1) is 6.58 Å². The van der Waals surface area contributed by atoms with Gasteiger partial charge in [-0.25, -0.2) is 4.79 Å². The van der Waals surface area contributed by atoms with Crippen LogP contribution >= 0.6 is 0 Å². The predicted molar refractivity (Wildman–Crippen MR) is 58.6 cm³/mol. The Bertz CT molecular complexity index is 322. The van der Waals surface area contributed by atoms with Gasteiger partial charge in [-0.05, 0) is 25.7 Å². The van der Waals surface area contributed by atoms with Crippen LogP contribution in [0.3, 0.4) is 0 Å². The number of carbonyl (C=O) groups excluding carboxylic acids is 2. The van der Waals surface area contributed by atoms with Gasteiger partial charge in [0.05, 0.1) is 13.2 Å². The maximum atomic E-state index is 12.1. The fourth-order valence-corrected chi connectivity index (χ4v) is 2.29. The van der Waals surface area contributed by atoms with Gasteiger partial charge in [-0.3, -0.25) is 4.79 Å². The first-order chi connectivity index (χ1) is 7.69. The average molecular weight is 223 g/mol. The minimum absolute atomic E-state index is 0.00259. The van der Waals surface area contributed by atoms with Crippen molar-refractivity contribution in [3.63, 3.8) is 0 Å². The fourth-order valence-electron chi connectivity index (χ4n) is 2.29. The first-order valence-electron chi connectivity index (χ1n) is 5.71. The van der Waals surface area contributed by atoms with Crippen LogP contribution in [0.4, 0.5) is 0 Å². The number of ether oxygens (including phenoxy) is 1. The summed E-state index contributed by atoms with van der Waals surface area (Å²) in [6.07, 6.45) is 5.15. The Balaban J connectivity index is 2.15. The van der Waals surface area contributed by atoms with E-state index in [0.29, 0.717) is 6.42 Å². The van der Waals surface area contributed by atoms with Crippen LogP contribution in [-0.4, -0.2) is 36.0 Å². The van der Waals surface area contributed by atoms with Crippen molar-refractivity contribution in [3.05, 3.63) is 12.7 Å². The second-order valence-corrected chi connectivity index (χ2v) is 4.44. The quantitative estimate of drug-likeness (QED) is 0.532. The number of hydrogen-bond acceptors (Lipinski definition) is 3. The minimum atomic E-state index is -0.402. The van der Waals surface area contributed by atoms with Gasteiger partial charge in [0.1, 0.15) is 6.04 Å². The summed E-state index contributed by atoms with van der Waals surface area (Å²) < 4.78 is 4.74. The molecule has 1 aliphatic carbocycles. The highest BCUT2D eigenvalue weighted by Gasteiger charge is 2.44. The molecular weight excluding hydrogens is 206 g/mol. The smallest absolute Gasteiger partial charge is 0.328 e. The average Bonchev–Trinajstić information content (AvgIpc) is 3.06. The van der Waals surface area contributed by atoms with Crippen LogP contribution in [0.2, 0.25) is 0 Å². The molecule has 1 saturated heterocycles. The van der Waals surface area contributed by atoms with Gasteiger partial charge in [0.2, 0.25) is 5.91 Å². The molecule has 1 aliphatic heterocycles. The lowest BCUT2D eigenvalue weighted by atomic mass is 10.2. The molecule has 2 aliphatic rings. The Kier molecular flexibility index (Phi) is 2.99. The number of esters is 1. The molecule has 2 unspecified atom stereocenters. The van der Waals surface area contributed by atoms with Gasteiger partial charge in [-0.1, -0.05) is 6.08 Å². The number of methoxy groups -OCH3 is 1. The molecule has 2 fully saturated rings. The molecule has 2 rings (SSSR count). The van der Waals surface area contributed by atoms with Crippen LogP contribution in [0, 0.1) is 5.92 Å². The lowest BCUT2D eigenvalue weighted by Gasteiger charge is -2.27. The third kappa shape index (κ3) is 1.84. The topological polar surface area (TPSA) is 46.6 Å². The van der Waals surface area contributed by atoms with Gasteiger partial charge >= 0.3 is 5.97 Å². The monoisotopic (exact) mass is 223 g/mol. The molecule has 0 aromatic rings. The number of nitrogens with zero attached hydrogens (tertiary/aromatic N) is 1. The van der Waals surface area contributed by atoms with Crippen LogP contribution < -0.4 is 0 Å². The highest BCUT2D eigenvalue weighted by molar-refractivity contribution is 5.88. The Morgan fingerprint density at radius 2 is 2.00 bits per heavy atom. The normalized spacial score (nSPS) is 28.9. The third-order valence-corrected chi connectivity index (χ3v) is 3.36. The zero-order valence-corrected chi connectivity index (χ0v) is 9.52. The summed E-state index contributed by atoms with van der Waals surface area (Å²) >= 11 is 0. The summed E-state index contributed by atoms with van der Waals surface area (Å²) in [6.45, 7) is 3.73. The molecule has 4 heteroatoms. The molecule has 0 bridgehead atoms. The molecule has 0 aromatic heterocycles. The van der Waals surface area contributed by atoms with Gasteiger partial charge in [0, 0.05) is 5.92 Å². The van der Waals surface area contributed by atoms with Crippen molar-refractivity contribution >= 4 is 11.9 Å². The van der Waals surface area contributed by atoms with Crippen molar-refractivity contribution in [3.8, 4) is 0 Å². The van der Waals surface area contributed by atoms with Gasteiger partial charge in [0.15, 0.2) is 0 Å². The van der Waals surface area contributed by atoms with Gasteiger partial charge < -0.3 is 9.64 Å². The Hall–Kier alpha value is -1.32. The van der Waals surface area contributed by atoms with Gasteiger partial charge in [-0.2, -0.15) is 0 Å². The highest BCUT2D eigenvalue weighted by Crippen LogP contribution is 2.36. The second kappa shape index (κ2) is 4.28. The second-order valence-electron chi connectivity index (χ2n) is 4.44.